The lowest BCUT2D eigenvalue weighted by atomic mass is 10.00. The average Bonchev–Trinajstić information content (AvgIpc) is 3.26. The van der Waals surface area contributed by atoms with Crippen molar-refractivity contribution in [1.29, 1.82) is 0 Å². The molecule has 0 aromatic heterocycles. The second-order valence-corrected chi connectivity index (χ2v) is 7.63. The van der Waals surface area contributed by atoms with Crippen LogP contribution in [0.1, 0.15) is 41.2 Å². The third-order valence-electron chi connectivity index (χ3n) is 5.38. The topological polar surface area (TPSA) is 117 Å². The maximum absolute atomic E-state index is 12.3. The van der Waals surface area contributed by atoms with E-state index in [4.69, 9.17) is 0 Å². The number of non-ortho nitro benzene ring substituents is 1. The molecule has 2 aromatic rings. The molecule has 2 atom stereocenters. The Labute approximate surface area is 180 Å². The van der Waals surface area contributed by atoms with E-state index < -0.39 is 10.8 Å². The first-order valence-electron chi connectivity index (χ1n) is 10.3. The SMILES string of the molecule is CN(CCCC1CC(c2ccccc2)NN1)C(=O)CNC(=O)c1cccc([N+](=O)[O-])c1. The first kappa shape index (κ1) is 22.4. The van der Waals surface area contributed by atoms with E-state index in [1.54, 1.807) is 11.9 Å². The number of nitrogens with zero attached hydrogens (tertiary/aromatic N) is 2. The smallest absolute Gasteiger partial charge is 0.270 e. The summed E-state index contributed by atoms with van der Waals surface area (Å²) in [4.78, 5) is 36.3. The predicted molar refractivity (Wildman–Crippen MR) is 116 cm³/mol. The number of amides is 2. The first-order chi connectivity index (χ1) is 14.9. The lowest BCUT2D eigenvalue weighted by Crippen LogP contribution is -2.39. The van der Waals surface area contributed by atoms with Gasteiger partial charge in [-0.25, -0.2) is 0 Å². The fraction of sp³-hybridized carbons (Fsp3) is 0.364. The summed E-state index contributed by atoms with van der Waals surface area (Å²) in [6.07, 6.45) is 2.75. The van der Waals surface area contributed by atoms with Crippen LogP contribution in [-0.2, 0) is 4.79 Å². The van der Waals surface area contributed by atoms with Crippen molar-refractivity contribution in [2.24, 2.45) is 0 Å². The number of nitrogens with one attached hydrogen (secondary N) is 3. The van der Waals surface area contributed by atoms with Gasteiger partial charge in [-0.15, -0.1) is 0 Å². The largest absolute Gasteiger partial charge is 0.344 e. The van der Waals surface area contributed by atoms with E-state index in [0.29, 0.717) is 12.6 Å². The standard InChI is InChI=1S/C22H27N5O4/c1-26(12-6-10-18-14-20(25-24-18)16-7-3-2-4-8-16)21(28)15-23-22(29)17-9-5-11-19(13-17)27(30)31/h2-5,7-9,11,13,18,20,24-25H,6,10,12,14-15H2,1H3,(H,23,29). The normalized spacial score (nSPS) is 17.8. The van der Waals surface area contributed by atoms with Gasteiger partial charge in [0.05, 0.1) is 11.5 Å². The zero-order valence-corrected chi connectivity index (χ0v) is 17.4. The van der Waals surface area contributed by atoms with Crippen molar-refractivity contribution in [3.8, 4) is 0 Å². The van der Waals surface area contributed by atoms with E-state index in [2.05, 4.69) is 28.3 Å². The Kier molecular flexibility index (Phi) is 7.69. The quantitative estimate of drug-likeness (QED) is 0.419. The van der Waals surface area contributed by atoms with Gasteiger partial charge in [-0.1, -0.05) is 36.4 Å². The molecule has 2 aromatic carbocycles. The zero-order chi connectivity index (χ0) is 22.2. The van der Waals surface area contributed by atoms with Crippen LogP contribution in [0, 0.1) is 10.1 Å². The minimum absolute atomic E-state index is 0.150. The van der Waals surface area contributed by atoms with Crippen LogP contribution in [0.2, 0.25) is 0 Å². The Morgan fingerprint density at radius 3 is 2.68 bits per heavy atom. The number of hydrazine groups is 1. The van der Waals surface area contributed by atoms with Gasteiger partial charge < -0.3 is 10.2 Å². The zero-order valence-electron chi connectivity index (χ0n) is 17.4. The first-order valence-corrected chi connectivity index (χ1v) is 10.3. The van der Waals surface area contributed by atoms with Crippen LogP contribution in [0.4, 0.5) is 5.69 Å². The number of hydrogen-bond acceptors (Lipinski definition) is 6. The van der Waals surface area contributed by atoms with Crippen LogP contribution in [0.25, 0.3) is 0 Å². The van der Waals surface area contributed by atoms with Crippen LogP contribution in [-0.4, -0.2) is 47.8 Å². The summed E-state index contributed by atoms with van der Waals surface area (Å²) in [6, 6.07) is 16.3. The fourth-order valence-corrected chi connectivity index (χ4v) is 3.57. The van der Waals surface area contributed by atoms with E-state index in [1.165, 1.54) is 29.8 Å². The number of benzene rings is 2. The molecule has 0 aliphatic carbocycles. The molecule has 1 fully saturated rings. The fourth-order valence-electron chi connectivity index (χ4n) is 3.57. The van der Waals surface area contributed by atoms with Crippen molar-refractivity contribution in [3.63, 3.8) is 0 Å². The highest BCUT2D eigenvalue weighted by molar-refractivity contribution is 5.96. The van der Waals surface area contributed by atoms with Crippen molar-refractivity contribution < 1.29 is 14.5 Å². The molecule has 0 spiro atoms. The molecule has 1 aliphatic heterocycles. The van der Waals surface area contributed by atoms with Gasteiger partial charge in [0.15, 0.2) is 0 Å². The molecule has 9 heteroatoms. The van der Waals surface area contributed by atoms with Crippen molar-refractivity contribution in [1.82, 2.24) is 21.1 Å². The minimum Gasteiger partial charge on any atom is -0.344 e. The average molecular weight is 425 g/mol. The molecule has 0 saturated carbocycles. The monoisotopic (exact) mass is 425 g/mol. The van der Waals surface area contributed by atoms with E-state index in [-0.39, 0.29) is 29.7 Å². The van der Waals surface area contributed by atoms with E-state index >= 15 is 0 Å². The van der Waals surface area contributed by atoms with Crippen LogP contribution in [0.5, 0.6) is 0 Å². The molecule has 31 heavy (non-hydrogen) atoms. The van der Waals surface area contributed by atoms with Crippen molar-refractivity contribution in [2.75, 3.05) is 20.1 Å². The highest BCUT2D eigenvalue weighted by atomic mass is 16.6. The Bertz CT molecular complexity index is 921. The Hall–Kier alpha value is -3.30. The molecule has 2 unspecified atom stereocenters. The summed E-state index contributed by atoms with van der Waals surface area (Å²) in [5, 5.41) is 13.3. The second-order valence-electron chi connectivity index (χ2n) is 7.63. The molecular formula is C22H27N5O4. The molecule has 3 rings (SSSR count). The maximum atomic E-state index is 12.3. The molecule has 1 saturated heterocycles. The van der Waals surface area contributed by atoms with Gasteiger partial charge in [0.25, 0.3) is 11.6 Å². The van der Waals surface area contributed by atoms with E-state index in [0.717, 1.165) is 19.3 Å². The van der Waals surface area contributed by atoms with Crippen LogP contribution < -0.4 is 16.2 Å². The van der Waals surface area contributed by atoms with Gasteiger partial charge in [-0.3, -0.25) is 30.6 Å². The molecular weight excluding hydrogens is 398 g/mol. The minimum atomic E-state index is -0.563. The van der Waals surface area contributed by atoms with E-state index in [1.807, 2.05) is 18.2 Å². The molecule has 2 amide bonds. The van der Waals surface area contributed by atoms with Gasteiger partial charge in [0.1, 0.15) is 0 Å². The van der Waals surface area contributed by atoms with Gasteiger partial charge in [-0.2, -0.15) is 0 Å². The third-order valence-corrected chi connectivity index (χ3v) is 5.38. The molecule has 1 heterocycles. The lowest BCUT2D eigenvalue weighted by Gasteiger charge is -2.18. The summed E-state index contributed by atoms with van der Waals surface area (Å²) < 4.78 is 0. The summed E-state index contributed by atoms with van der Waals surface area (Å²) in [7, 11) is 1.70. The number of rotatable bonds is 9. The van der Waals surface area contributed by atoms with Gasteiger partial charge in [0.2, 0.25) is 5.91 Å². The number of carbonyl (C=O) groups is 2. The van der Waals surface area contributed by atoms with Crippen molar-refractivity contribution >= 4 is 17.5 Å². The summed E-state index contributed by atoms with van der Waals surface area (Å²) in [6.45, 7) is 0.428. The Morgan fingerprint density at radius 2 is 1.94 bits per heavy atom. The van der Waals surface area contributed by atoms with Crippen LogP contribution in [0.15, 0.2) is 54.6 Å². The number of nitro benzene ring substituents is 1. The van der Waals surface area contributed by atoms with Gasteiger partial charge >= 0.3 is 0 Å². The van der Waals surface area contributed by atoms with Crippen molar-refractivity contribution in [3.05, 3.63) is 75.8 Å². The predicted octanol–water partition coefficient (Wildman–Crippen LogP) is 2.17. The molecule has 164 valence electrons. The number of likely N-dealkylation sites (N-methyl/N-ethyl adjacent to an activating group) is 1. The Balaban J connectivity index is 1.36. The van der Waals surface area contributed by atoms with Gasteiger partial charge in [0, 0.05) is 43.4 Å². The second kappa shape index (κ2) is 10.6. The lowest BCUT2D eigenvalue weighted by molar-refractivity contribution is -0.384. The van der Waals surface area contributed by atoms with Gasteiger partial charge in [-0.05, 0) is 30.9 Å². The molecule has 0 bridgehead atoms. The highest BCUT2D eigenvalue weighted by Gasteiger charge is 2.24. The third kappa shape index (κ3) is 6.34. The summed E-state index contributed by atoms with van der Waals surface area (Å²) >= 11 is 0. The van der Waals surface area contributed by atoms with Crippen LogP contribution in [0.3, 0.4) is 0 Å². The summed E-state index contributed by atoms with van der Waals surface area (Å²) in [5.41, 5.74) is 7.88. The molecule has 3 N–H and O–H groups in total. The number of carbonyl (C=O) groups excluding carboxylic acids is 2. The molecule has 0 radical (unpaired) electrons. The van der Waals surface area contributed by atoms with Crippen LogP contribution >= 0.6 is 0 Å². The number of hydrogen-bond donors (Lipinski definition) is 3. The van der Waals surface area contributed by atoms with E-state index in [9.17, 15) is 19.7 Å². The Morgan fingerprint density at radius 1 is 1.16 bits per heavy atom. The summed E-state index contributed by atoms with van der Waals surface area (Å²) in [5.74, 6) is -0.725. The van der Waals surface area contributed by atoms with Crippen molar-refractivity contribution in [2.45, 2.75) is 31.3 Å². The number of nitro groups is 1. The maximum Gasteiger partial charge on any atom is 0.270 e. The molecule has 1 aliphatic rings. The molecule has 9 nitrogen and oxygen atoms in total. The highest BCUT2D eigenvalue weighted by Crippen LogP contribution is 2.23.